The van der Waals surface area contributed by atoms with Crippen LogP contribution in [0.4, 0.5) is 0 Å². The molecule has 0 spiro atoms. The molecule has 0 atom stereocenters. The standard InChI is InChI=1S/C17H24N2O/c1-2-14(1)18-9-15-16(20-10-19-15)17-6-11-3-12(7-17)5-13(4-11)8-17/h10-14,18H,1-9H2. The van der Waals surface area contributed by atoms with Crippen molar-refractivity contribution < 1.29 is 4.42 Å². The van der Waals surface area contributed by atoms with Gasteiger partial charge >= 0.3 is 0 Å². The molecule has 0 saturated heterocycles. The second-order valence-electron chi connectivity index (χ2n) is 7.98. The molecule has 4 bridgehead atoms. The van der Waals surface area contributed by atoms with Crippen LogP contribution in [0.3, 0.4) is 0 Å². The fourth-order valence-corrected chi connectivity index (χ4v) is 5.74. The average Bonchev–Trinajstić information content (AvgIpc) is 3.11. The number of nitrogens with one attached hydrogen (secondary N) is 1. The number of rotatable bonds is 4. The van der Waals surface area contributed by atoms with Gasteiger partial charge in [0.05, 0.1) is 5.69 Å². The highest BCUT2D eigenvalue weighted by atomic mass is 16.3. The summed E-state index contributed by atoms with van der Waals surface area (Å²) < 4.78 is 5.95. The zero-order valence-electron chi connectivity index (χ0n) is 12.1. The lowest BCUT2D eigenvalue weighted by atomic mass is 9.49. The van der Waals surface area contributed by atoms with Gasteiger partial charge in [-0.05, 0) is 69.1 Å². The van der Waals surface area contributed by atoms with Crippen LogP contribution in [0.1, 0.15) is 62.8 Å². The van der Waals surface area contributed by atoms with Gasteiger partial charge in [0, 0.05) is 18.0 Å². The van der Waals surface area contributed by atoms with Crippen LogP contribution in [0.5, 0.6) is 0 Å². The molecular weight excluding hydrogens is 248 g/mol. The van der Waals surface area contributed by atoms with Crippen molar-refractivity contribution >= 4 is 0 Å². The molecule has 3 nitrogen and oxygen atoms in total. The van der Waals surface area contributed by atoms with Crippen LogP contribution in [0, 0.1) is 17.8 Å². The zero-order chi connectivity index (χ0) is 13.2. The maximum atomic E-state index is 5.95. The molecule has 1 heterocycles. The molecule has 20 heavy (non-hydrogen) atoms. The molecule has 5 aliphatic carbocycles. The van der Waals surface area contributed by atoms with E-state index in [2.05, 4.69) is 10.3 Å². The molecule has 1 aromatic rings. The summed E-state index contributed by atoms with van der Waals surface area (Å²) in [5.74, 6) is 4.16. The number of oxazole rings is 1. The molecule has 0 aliphatic heterocycles. The molecule has 0 amide bonds. The van der Waals surface area contributed by atoms with Gasteiger partial charge in [0.2, 0.25) is 0 Å². The summed E-state index contributed by atoms with van der Waals surface area (Å²) in [5.41, 5.74) is 1.56. The Balaban J connectivity index is 1.45. The molecule has 5 saturated carbocycles. The monoisotopic (exact) mass is 272 g/mol. The molecule has 1 aromatic heterocycles. The largest absolute Gasteiger partial charge is 0.448 e. The smallest absolute Gasteiger partial charge is 0.181 e. The van der Waals surface area contributed by atoms with E-state index < -0.39 is 0 Å². The third kappa shape index (κ3) is 1.78. The van der Waals surface area contributed by atoms with Gasteiger partial charge < -0.3 is 9.73 Å². The second kappa shape index (κ2) is 4.09. The van der Waals surface area contributed by atoms with E-state index in [9.17, 15) is 0 Å². The Kier molecular flexibility index (Phi) is 2.41. The molecule has 6 rings (SSSR count). The van der Waals surface area contributed by atoms with Gasteiger partial charge in [-0.25, -0.2) is 4.98 Å². The molecule has 5 fully saturated rings. The third-order valence-electron chi connectivity index (χ3n) is 6.30. The van der Waals surface area contributed by atoms with Gasteiger partial charge in [-0.3, -0.25) is 0 Å². The first-order valence-electron chi connectivity index (χ1n) is 8.47. The summed E-state index contributed by atoms with van der Waals surface area (Å²) in [7, 11) is 0. The van der Waals surface area contributed by atoms with Gasteiger partial charge in [0.1, 0.15) is 5.76 Å². The highest BCUT2D eigenvalue weighted by Gasteiger charge is 2.54. The Bertz CT molecular complexity index is 482. The predicted molar refractivity (Wildman–Crippen MR) is 76.2 cm³/mol. The van der Waals surface area contributed by atoms with Crippen molar-refractivity contribution in [1.82, 2.24) is 10.3 Å². The Hall–Kier alpha value is -0.830. The van der Waals surface area contributed by atoms with Gasteiger partial charge in [-0.15, -0.1) is 0 Å². The minimum atomic E-state index is 0.353. The van der Waals surface area contributed by atoms with Crippen molar-refractivity contribution in [3.8, 4) is 0 Å². The molecular formula is C17H24N2O. The van der Waals surface area contributed by atoms with Gasteiger partial charge in [0.25, 0.3) is 0 Å². The van der Waals surface area contributed by atoms with E-state index >= 15 is 0 Å². The number of hydrogen-bond donors (Lipinski definition) is 1. The first-order valence-corrected chi connectivity index (χ1v) is 8.47. The van der Waals surface area contributed by atoms with Crippen molar-refractivity contribution in [2.45, 2.75) is 69.4 Å². The van der Waals surface area contributed by atoms with E-state index in [0.29, 0.717) is 5.41 Å². The Morgan fingerprint density at radius 2 is 1.75 bits per heavy atom. The van der Waals surface area contributed by atoms with Crippen molar-refractivity contribution in [3.63, 3.8) is 0 Å². The van der Waals surface area contributed by atoms with E-state index in [1.807, 2.05) is 0 Å². The molecule has 5 aliphatic rings. The van der Waals surface area contributed by atoms with Crippen molar-refractivity contribution in [2.24, 2.45) is 17.8 Å². The Morgan fingerprint density at radius 1 is 1.10 bits per heavy atom. The minimum Gasteiger partial charge on any atom is -0.448 e. The molecule has 0 unspecified atom stereocenters. The van der Waals surface area contributed by atoms with E-state index in [1.165, 1.54) is 62.8 Å². The van der Waals surface area contributed by atoms with Gasteiger partial charge in [-0.1, -0.05) is 0 Å². The number of hydrogen-bond acceptors (Lipinski definition) is 3. The maximum absolute atomic E-state index is 5.95. The lowest BCUT2D eigenvalue weighted by Gasteiger charge is -2.56. The summed E-state index contributed by atoms with van der Waals surface area (Å²) in [6.07, 6.45) is 12.9. The zero-order valence-corrected chi connectivity index (χ0v) is 12.1. The summed E-state index contributed by atoms with van der Waals surface area (Å²) in [6.45, 7) is 0.915. The van der Waals surface area contributed by atoms with Crippen LogP contribution in [-0.4, -0.2) is 11.0 Å². The van der Waals surface area contributed by atoms with Gasteiger partial charge in [0.15, 0.2) is 6.39 Å². The topological polar surface area (TPSA) is 38.1 Å². The van der Waals surface area contributed by atoms with Crippen LogP contribution in [0.15, 0.2) is 10.8 Å². The van der Waals surface area contributed by atoms with E-state index in [4.69, 9.17) is 4.42 Å². The first-order chi connectivity index (χ1) is 9.81. The molecule has 0 radical (unpaired) electrons. The summed E-state index contributed by atoms with van der Waals surface area (Å²) in [6, 6.07) is 0.746. The Morgan fingerprint density at radius 3 is 2.35 bits per heavy atom. The maximum Gasteiger partial charge on any atom is 0.181 e. The molecule has 108 valence electrons. The highest BCUT2D eigenvalue weighted by Crippen LogP contribution is 2.61. The number of aromatic nitrogens is 1. The number of nitrogens with zero attached hydrogens (tertiary/aromatic N) is 1. The van der Waals surface area contributed by atoms with Crippen LogP contribution in [0.25, 0.3) is 0 Å². The van der Waals surface area contributed by atoms with E-state index in [-0.39, 0.29) is 0 Å². The highest BCUT2D eigenvalue weighted by molar-refractivity contribution is 5.25. The van der Waals surface area contributed by atoms with Crippen LogP contribution in [0.2, 0.25) is 0 Å². The summed E-state index contributed by atoms with van der Waals surface area (Å²) in [5, 5.41) is 3.61. The third-order valence-corrected chi connectivity index (χ3v) is 6.30. The van der Waals surface area contributed by atoms with E-state index in [1.54, 1.807) is 6.39 Å². The van der Waals surface area contributed by atoms with Crippen molar-refractivity contribution in [2.75, 3.05) is 0 Å². The molecule has 0 aromatic carbocycles. The summed E-state index contributed by atoms with van der Waals surface area (Å²) >= 11 is 0. The van der Waals surface area contributed by atoms with Crippen molar-refractivity contribution in [1.29, 1.82) is 0 Å². The predicted octanol–water partition coefficient (Wildman–Crippen LogP) is 3.39. The van der Waals surface area contributed by atoms with Crippen molar-refractivity contribution in [3.05, 3.63) is 17.8 Å². The first kappa shape index (κ1) is 11.8. The molecule has 3 heteroatoms. The average molecular weight is 272 g/mol. The fraction of sp³-hybridized carbons (Fsp3) is 0.824. The lowest BCUT2D eigenvalue weighted by Crippen LogP contribution is -2.48. The van der Waals surface area contributed by atoms with Crippen LogP contribution in [-0.2, 0) is 12.0 Å². The quantitative estimate of drug-likeness (QED) is 0.913. The lowest BCUT2D eigenvalue weighted by molar-refractivity contribution is -0.0157. The normalized spacial score (nSPS) is 42.3. The fourth-order valence-electron chi connectivity index (χ4n) is 5.74. The second-order valence-corrected chi connectivity index (χ2v) is 7.98. The van der Waals surface area contributed by atoms with Crippen LogP contribution >= 0.6 is 0 Å². The van der Waals surface area contributed by atoms with Gasteiger partial charge in [-0.2, -0.15) is 0 Å². The van der Waals surface area contributed by atoms with Crippen LogP contribution < -0.4 is 5.32 Å². The Labute approximate surface area is 120 Å². The summed E-state index contributed by atoms with van der Waals surface area (Å²) in [4.78, 5) is 4.54. The van der Waals surface area contributed by atoms with E-state index in [0.717, 1.165) is 30.3 Å². The SMILES string of the molecule is c1nc(CNC2CC2)c(C23CC4CC(CC(C4)C2)C3)o1. The molecule has 1 N–H and O–H groups in total. The minimum absolute atomic E-state index is 0.353.